The lowest BCUT2D eigenvalue weighted by atomic mass is 9.74. The lowest BCUT2D eigenvalue weighted by Crippen LogP contribution is -2.51. The molecule has 1 heterocycles. The molecule has 0 unspecified atom stereocenters. The van der Waals surface area contributed by atoms with Crippen LogP contribution in [-0.4, -0.2) is 35.2 Å². The molecule has 2 aliphatic rings. The number of amides is 2. The van der Waals surface area contributed by atoms with Crippen molar-refractivity contribution in [2.45, 2.75) is 59.0 Å². The van der Waals surface area contributed by atoms with Crippen LogP contribution in [0.5, 0.6) is 0 Å². The molecule has 24 heavy (non-hydrogen) atoms. The Morgan fingerprint density at radius 3 is 2.71 bits per heavy atom. The number of nitrogens with one attached hydrogen (secondary N) is 1. The molecule has 1 aliphatic carbocycles. The molecule has 1 aliphatic heterocycles. The van der Waals surface area contributed by atoms with Crippen molar-refractivity contribution < 1.29 is 9.90 Å². The number of carbonyl (C=O) groups is 1. The molecular weight excluding hydrogens is 300 g/mol. The Kier molecular flexibility index (Phi) is 4.86. The number of urea groups is 1. The van der Waals surface area contributed by atoms with Crippen molar-refractivity contribution in [3.05, 3.63) is 29.3 Å². The average Bonchev–Trinajstić information content (AvgIpc) is 2.54. The molecule has 0 aromatic heterocycles. The smallest absolute Gasteiger partial charge is 0.321 e. The van der Waals surface area contributed by atoms with E-state index in [1.54, 1.807) is 4.90 Å². The predicted molar refractivity (Wildman–Crippen MR) is 97.2 cm³/mol. The Morgan fingerprint density at radius 2 is 2.00 bits per heavy atom. The highest BCUT2D eigenvalue weighted by Gasteiger charge is 2.37. The van der Waals surface area contributed by atoms with Gasteiger partial charge in [0.25, 0.3) is 0 Å². The summed E-state index contributed by atoms with van der Waals surface area (Å²) in [6.45, 7) is 7.61. The zero-order valence-corrected chi connectivity index (χ0v) is 15.1. The third-order valence-corrected chi connectivity index (χ3v) is 5.62. The first kappa shape index (κ1) is 17.3. The van der Waals surface area contributed by atoms with Crippen LogP contribution in [0.4, 0.5) is 10.5 Å². The van der Waals surface area contributed by atoms with Crippen LogP contribution in [0, 0.1) is 11.3 Å². The van der Waals surface area contributed by atoms with Crippen LogP contribution in [0.3, 0.4) is 0 Å². The largest absolute Gasteiger partial charge is 0.391 e. The average molecular weight is 330 g/mol. The molecule has 0 radical (unpaired) electrons. The number of piperidine rings is 1. The minimum Gasteiger partial charge on any atom is -0.391 e. The highest BCUT2D eigenvalue weighted by atomic mass is 16.3. The number of hydrogen-bond donors (Lipinski definition) is 2. The van der Waals surface area contributed by atoms with Crippen molar-refractivity contribution in [1.82, 2.24) is 4.90 Å². The second-order valence-corrected chi connectivity index (χ2v) is 8.36. The first-order valence-corrected chi connectivity index (χ1v) is 9.21. The molecule has 0 bridgehead atoms. The van der Waals surface area contributed by atoms with E-state index < -0.39 is 6.10 Å². The van der Waals surface area contributed by atoms with Crippen LogP contribution in [0.1, 0.15) is 51.2 Å². The summed E-state index contributed by atoms with van der Waals surface area (Å²) >= 11 is 0. The number of carbonyl (C=O) groups excluding carboxylic acids is 1. The maximum atomic E-state index is 12.7. The van der Waals surface area contributed by atoms with Gasteiger partial charge >= 0.3 is 6.03 Å². The van der Waals surface area contributed by atoms with Gasteiger partial charge in [-0.25, -0.2) is 4.79 Å². The number of β-amino-alcohol motifs (C(OH)–C–C–N with tert-alkyl or cyclic N) is 1. The number of anilines is 1. The summed E-state index contributed by atoms with van der Waals surface area (Å²) in [5.74, 6) is 0.242. The lowest BCUT2D eigenvalue weighted by molar-refractivity contribution is -0.0108. The summed E-state index contributed by atoms with van der Waals surface area (Å²) in [6, 6.07) is 6.12. The number of aliphatic hydroxyl groups excluding tert-OH is 1. The minimum absolute atomic E-state index is 0.0699. The van der Waals surface area contributed by atoms with Crippen LogP contribution in [0.15, 0.2) is 18.2 Å². The number of fused-ring (bicyclic) bond motifs is 1. The van der Waals surface area contributed by atoms with Crippen LogP contribution in [0.25, 0.3) is 0 Å². The first-order chi connectivity index (χ1) is 11.4. The molecule has 2 atom stereocenters. The predicted octanol–water partition coefficient (Wildman–Crippen LogP) is 3.83. The van der Waals surface area contributed by atoms with Gasteiger partial charge in [0.15, 0.2) is 0 Å². The quantitative estimate of drug-likeness (QED) is 0.822. The van der Waals surface area contributed by atoms with E-state index in [1.807, 2.05) is 12.1 Å². The van der Waals surface area contributed by atoms with Gasteiger partial charge in [-0.05, 0) is 60.6 Å². The van der Waals surface area contributed by atoms with Crippen molar-refractivity contribution in [2.24, 2.45) is 11.3 Å². The molecule has 4 heteroatoms. The SMILES string of the molecule is CC(C)(C)[C@@H]1CCN(C(=O)Nc2cccc3c2CCCC3)C[C@H]1O. The van der Waals surface area contributed by atoms with Crippen LogP contribution in [0.2, 0.25) is 0 Å². The molecule has 3 rings (SSSR count). The number of aryl methyl sites for hydroxylation is 1. The molecular formula is C20H30N2O2. The van der Waals surface area contributed by atoms with Crippen molar-refractivity contribution >= 4 is 11.7 Å². The standard InChI is InChI=1S/C20H30N2O2/c1-20(2,3)16-11-12-22(13-18(16)23)19(24)21-17-10-6-8-14-7-4-5-9-15(14)17/h6,8,10,16,18,23H,4-5,7,9,11-13H2,1-3H3,(H,21,24)/t16-,18-/m1/s1. The van der Waals surface area contributed by atoms with E-state index in [0.717, 1.165) is 24.9 Å². The van der Waals surface area contributed by atoms with Gasteiger partial charge < -0.3 is 15.3 Å². The molecule has 0 saturated carbocycles. The van der Waals surface area contributed by atoms with E-state index in [4.69, 9.17) is 0 Å². The van der Waals surface area contributed by atoms with E-state index in [9.17, 15) is 9.90 Å². The van der Waals surface area contributed by atoms with Crippen LogP contribution in [-0.2, 0) is 12.8 Å². The number of benzene rings is 1. The molecule has 2 N–H and O–H groups in total. The highest BCUT2D eigenvalue weighted by molar-refractivity contribution is 5.90. The first-order valence-electron chi connectivity index (χ1n) is 9.21. The normalized spacial score (nSPS) is 24.4. The van der Waals surface area contributed by atoms with E-state index in [1.165, 1.54) is 24.0 Å². The maximum absolute atomic E-state index is 12.7. The molecule has 132 valence electrons. The Labute approximate surface area is 145 Å². The van der Waals surface area contributed by atoms with Gasteiger partial charge in [-0.3, -0.25) is 0 Å². The highest BCUT2D eigenvalue weighted by Crippen LogP contribution is 2.35. The summed E-state index contributed by atoms with van der Waals surface area (Å²) in [4.78, 5) is 14.4. The fourth-order valence-corrected chi connectivity index (χ4v) is 4.22. The number of nitrogens with zero attached hydrogens (tertiary/aromatic N) is 1. The summed E-state index contributed by atoms with van der Waals surface area (Å²) in [5.41, 5.74) is 3.68. The fraction of sp³-hybridized carbons (Fsp3) is 0.650. The van der Waals surface area contributed by atoms with Crippen LogP contribution >= 0.6 is 0 Å². The molecule has 1 saturated heterocycles. The molecule has 1 aromatic carbocycles. The number of likely N-dealkylation sites (tertiary alicyclic amines) is 1. The second kappa shape index (κ2) is 6.75. The van der Waals surface area contributed by atoms with E-state index in [2.05, 4.69) is 32.2 Å². The molecule has 2 amide bonds. The third kappa shape index (κ3) is 3.59. The number of rotatable bonds is 1. The van der Waals surface area contributed by atoms with Gasteiger partial charge in [-0.2, -0.15) is 0 Å². The van der Waals surface area contributed by atoms with Crippen molar-refractivity contribution in [2.75, 3.05) is 18.4 Å². The molecule has 1 fully saturated rings. The van der Waals surface area contributed by atoms with Gasteiger partial charge in [0.05, 0.1) is 6.10 Å². The Balaban J connectivity index is 1.67. The zero-order valence-electron chi connectivity index (χ0n) is 15.1. The summed E-state index contributed by atoms with van der Waals surface area (Å²) in [6.07, 6.45) is 4.97. The van der Waals surface area contributed by atoms with Gasteiger partial charge in [-0.15, -0.1) is 0 Å². The van der Waals surface area contributed by atoms with Gasteiger partial charge in [0, 0.05) is 18.8 Å². The lowest BCUT2D eigenvalue weighted by Gasteiger charge is -2.42. The molecule has 4 nitrogen and oxygen atoms in total. The van der Waals surface area contributed by atoms with Crippen molar-refractivity contribution in [3.63, 3.8) is 0 Å². The zero-order chi connectivity index (χ0) is 17.3. The summed E-state index contributed by atoms with van der Waals surface area (Å²) < 4.78 is 0. The monoisotopic (exact) mass is 330 g/mol. The summed E-state index contributed by atoms with van der Waals surface area (Å²) in [5, 5.41) is 13.6. The van der Waals surface area contributed by atoms with Crippen LogP contribution < -0.4 is 5.32 Å². The summed E-state index contributed by atoms with van der Waals surface area (Å²) in [7, 11) is 0. The van der Waals surface area contributed by atoms with Crippen molar-refractivity contribution in [1.29, 1.82) is 0 Å². The second-order valence-electron chi connectivity index (χ2n) is 8.36. The molecule has 0 spiro atoms. The van der Waals surface area contributed by atoms with E-state index in [0.29, 0.717) is 13.1 Å². The Morgan fingerprint density at radius 1 is 1.25 bits per heavy atom. The third-order valence-electron chi connectivity index (χ3n) is 5.62. The Bertz CT molecular complexity index is 606. The van der Waals surface area contributed by atoms with Crippen molar-refractivity contribution in [3.8, 4) is 0 Å². The number of aliphatic hydroxyl groups is 1. The molecule has 1 aromatic rings. The number of hydrogen-bond acceptors (Lipinski definition) is 2. The topological polar surface area (TPSA) is 52.6 Å². The van der Waals surface area contributed by atoms with Gasteiger partial charge in [-0.1, -0.05) is 32.9 Å². The van der Waals surface area contributed by atoms with E-state index in [-0.39, 0.29) is 17.4 Å². The van der Waals surface area contributed by atoms with E-state index >= 15 is 0 Å². The van der Waals surface area contributed by atoms with Gasteiger partial charge in [0.1, 0.15) is 0 Å². The fourth-order valence-electron chi connectivity index (χ4n) is 4.22. The maximum Gasteiger partial charge on any atom is 0.321 e. The Hall–Kier alpha value is -1.55. The van der Waals surface area contributed by atoms with Gasteiger partial charge in [0.2, 0.25) is 0 Å². The minimum atomic E-state index is -0.450.